The minimum Gasteiger partial charge on any atom is -0.488 e. The van der Waals surface area contributed by atoms with Crippen LogP contribution in [-0.2, 0) is 14.8 Å². The van der Waals surface area contributed by atoms with Crippen molar-refractivity contribution in [3.05, 3.63) is 59.4 Å². The molecule has 0 spiro atoms. The first-order valence-electron chi connectivity index (χ1n) is 9.44. The van der Waals surface area contributed by atoms with Gasteiger partial charge in [-0.2, -0.15) is 4.37 Å². The maximum absolute atomic E-state index is 14.6. The lowest BCUT2D eigenvalue weighted by molar-refractivity contribution is -0.119. The number of nitrogens with one attached hydrogen (secondary N) is 2. The summed E-state index contributed by atoms with van der Waals surface area (Å²) in [5.41, 5.74) is 0.579. The Morgan fingerprint density at radius 3 is 2.70 bits per heavy atom. The van der Waals surface area contributed by atoms with E-state index < -0.39 is 38.3 Å². The standard InChI is InChI=1S/C19H16ClF2N5O4S2/c20-11-1-3-12(4-2-11)27-13(7-23-8-18(27)28)9-31-16-5-15(22)17(6-14(16)21)33(29,30)26-19-24-10-25-32-19/h1-6,10,13,23H,7-9H2,(H,24,25,26)/t13-/m0/s1. The Hall–Kier alpha value is -2.87. The summed E-state index contributed by atoms with van der Waals surface area (Å²) in [6.45, 7) is 0.278. The number of piperazine rings is 1. The van der Waals surface area contributed by atoms with E-state index in [1.807, 2.05) is 4.72 Å². The molecule has 1 saturated heterocycles. The minimum atomic E-state index is -4.43. The van der Waals surface area contributed by atoms with Gasteiger partial charge in [0.1, 0.15) is 23.6 Å². The highest BCUT2D eigenvalue weighted by molar-refractivity contribution is 7.93. The quantitative estimate of drug-likeness (QED) is 0.497. The Bertz CT molecular complexity index is 1260. The average molecular weight is 516 g/mol. The van der Waals surface area contributed by atoms with Crippen LogP contribution < -0.4 is 19.7 Å². The molecule has 9 nitrogen and oxygen atoms in total. The molecular formula is C19H16ClF2N5O4S2. The van der Waals surface area contributed by atoms with Crippen molar-refractivity contribution in [2.75, 3.05) is 29.3 Å². The van der Waals surface area contributed by atoms with Crippen LogP contribution >= 0.6 is 23.1 Å². The second-order valence-electron chi connectivity index (χ2n) is 6.90. The molecule has 2 aromatic carbocycles. The molecule has 0 aliphatic carbocycles. The number of anilines is 2. The number of carbonyl (C=O) groups is 1. The maximum atomic E-state index is 14.6. The molecule has 0 bridgehead atoms. The van der Waals surface area contributed by atoms with Crippen LogP contribution in [0.15, 0.2) is 47.6 Å². The first-order chi connectivity index (χ1) is 15.7. The van der Waals surface area contributed by atoms with Crippen molar-refractivity contribution < 1.29 is 26.7 Å². The summed E-state index contributed by atoms with van der Waals surface area (Å²) >= 11 is 6.65. The fraction of sp³-hybridized carbons (Fsp3) is 0.211. The number of sulfonamides is 1. The van der Waals surface area contributed by atoms with E-state index in [0.717, 1.165) is 17.9 Å². The van der Waals surface area contributed by atoms with Gasteiger partial charge in [0.2, 0.25) is 11.0 Å². The van der Waals surface area contributed by atoms with Crippen molar-refractivity contribution in [3.63, 3.8) is 0 Å². The summed E-state index contributed by atoms with van der Waals surface area (Å²) in [6.07, 6.45) is 1.12. The summed E-state index contributed by atoms with van der Waals surface area (Å²) in [5.74, 6) is -3.01. The molecule has 1 atom stereocenters. The summed E-state index contributed by atoms with van der Waals surface area (Å²) in [5, 5.41) is 3.36. The second-order valence-corrected chi connectivity index (χ2v) is 9.77. The van der Waals surface area contributed by atoms with Gasteiger partial charge in [-0.15, -0.1) is 0 Å². The monoisotopic (exact) mass is 515 g/mol. The van der Waals surface area contributed by atoms with Crippen molar-refractivity contribution in [2.45, 2.75) is 10.9 Å². The van der Waals surface area contributed by atoms with Crippen molar-refractivity contribution >= 4 is 49.9 Å². The van der Waals surface area contributed by atoms with Crippen LogP contribution in [0, 0.1) is 11.6 Å². The van der Waals surface area contributed by atoms with Crippen LogP contribution in [0.25, 0.3) is 0 Å². The summed E-state index contributed by atoms with van der Waals surface area (Å²) in [6, 6.07) is 7.25. The van der Waals surface area contributed by atoms with Crippen LogP contribution in [0.1, 0.15) is 0 Å². The van der Waals surface area contributed by atoms with E-state index in [9.17, 15) is 22.0 Å². The molecule has 2 N–H and O–H groups in total. The molecule has 174 valence electrons. The number of hydrogen-bond donors (Lipinski definition) is 2. The zero-order chi connectivity index (χ0) is 23.6. The predicted octanol–water partition coefficient (Wildman–Crippen LogP) is 2.65. The molecule has 3 aromatic rings. The molecule has 0 unspecified atom stereocenters. The third kappa shape index (κ3) is 5.21. The number of hydrogen-bond acceptors (Lipinski definition) is 8. The molecule has 1 aromatic heterocycles. The predicted molar refractivity (Wildman–Crippen MR) is 118 cm³/mol. The normalized spacial score (nSPS) is 16.6. The summed E-state index contributed by atoms with van der Waals surface area (Å²) < 4.78 is 65.0. The lowest BCUT2D eigenvalue weighted by atomic mass is 10.1. The first kappa shape index (κ1) is 23.3. The van der Waals surface area contributed by atoms with Gasteiger partial charge in [-0.3, -0.25) is 9.52 Å². The highest BCUT2D eigenvalue weighted by atomic mass is 35.5. The zero-order valence-corrected chi connectivity index (χ0v) is 19.1. The van der Waals surface area contributed by atoms with E-state index in [-0.39, 0.29) is 24.2 Å². The zero-order valence-electron chi connectivity index (χ0n) is 16.7. The van der Waals surface area contributed by atoms with Gasteiger partial charge in [-0.25, -0.2) is 22.2 Å². The molecule has 1 aliphatic rings. The van der Waals surface area contributed by atoms with E-state index in [1.54, 1.807) is 24.3 Å². The summed E-state index contributed by atoms with van der Waals surface area (Å²) in [7, 11) is -4.43. The van der Waals surface area contributed by atoms with Crippen LogP contribution in [0.3, 0.4) is 0 Å². The molecule has 0 radical (unpaired) electrons. The molecule has 14 heteroatoms. The van der Waals surface area contributed by atoms with Gasteiger partial charge in [0.25, 0.3) is 10.0 Å². The van der Waals surface area contributed by atoms with Crippen LogP contribution in [0.2, 0.25) is 5.02 Å². The van der Waals surface area contributed by atoms with Crippen molar-refractivity contribution in [1.29, 1.82) is 0 Å². The SMILES string of the molecule is O=C1CNC[C@@H](COc2cc(F)c(S(=O)(=O)Nc3ncns3)cc2F)N1c1ccc(Cl)cc1. The fourth-order valence-electron chi connectivity index (χ4n) is 3.22. The fourth-order valence-corrected chi connectivity index (χ4v) is 5.08. The highest BCUT2D eigenvalue weighted by Crippen LogP contribution is 2.28. The van der Waals surface area contributed by atoms with Gasteiger partial charge in [0, 0.05) is 40.9 Å². The number of carbonyl (C=O) groups excluding carboxylic acids is 1. The number of nitrogens with zero attached hydrogens (tertiary/aromatic N) is 3. The third-order valence-electron chi connectivity index (χ3n) is 4.68. The van der Waals surface area contributed by atoms with E-state index in [2.05, 4.69) is 14.7 Å². The number of halogens is 3. The Balaban J connectivity index is 1.52. The molecule has 4 rings (SSSR count). The van der Waals surface area contributed by atoms with Gasteiger partial charge in [0.15, 0.2) is 11.6 Å². The number of benzene rings is 2. The van der Waals surface area contributed by atoms with Crippen LogP contribution in [0.4, 0.5) is 19.6 Å². The van der Waals surface area contributed by atoms with Crippen molar-refractivity contribution in [3.8, 4) is 5.75 Å². The van der Waals surface area contributed by atoms with Gasteiger partial charge in [-0.05, 0) is 24.3 Å². The molecule has 1 fully saturated rings. The molecule has 1 amide bonds. The maximum Gasteiger partial charge on any atom is 0.266 e. The topological polar surface area (TPSA) is 114 Å². The Morgan fingerprint density at radius 2 is 2.00 bits per heavy atom. The van der Waals surface area contributed by atoms with Crippen molar-refractivity contribution in [1.82, 2.24) is 14.7 Å². The molecule has 1 aliphatic heterocycles. The smallest absolute Gasteiger partial charge is 0.266 e. The van der Waals surface area contributed by atoms with Gasteiger partial charge < -0.3 is 15.0 Å². The van der Waals surface area contributed by atoms with Gasteiger partial charge >= 0.3 is 0 Å². The average Bonchev–Trinajstić information content (AvgIpc) is 3.27. The first-order valence-corrected chi connectivity index (χ1v) is 12.1. The Labute approximate surface area is 196 Å². The number of aromatic nitrogens is 2. The largest absolute Gasteiger partial charge is 0.488 e. The molecule has 2 heterocycles. The van der Waals surface area contributed by atoms with Gasteiger partial charge in [0.05, 0.1) is 12.6 Å². The van der Waals surface area contributed by atoms with Crippen LogP contribution in [0.5, 0.6) is 5.75 Å². The molecule has 33 heavy (non-hydrogen) atoms. The summed E-state index contributed by atoms with van der Waals surface area (Å²) in [4.78, 5) is 16.7. The van der Waals surface area contributed by atoms with E-state index >= 15 is 0 Å². The second kappa shape index (κ2) is 9.55. The number of rotatable bonds is 7. The minimum absolute atomic E-state index is 0.0908. The third-order valence-corrected chi connectivity index (χ3v) is 7.00. The molecule has 0 saturated carbocycles. The van der Waals surface area contributed by atoms with E-state index in [1.165, 1.54) is 4.90 Å². The van der Waals surface area contributed by atoms with Crippen molar-refractivity contribution in [2.24, 2.45) is 0 Å². The molecular weight excluding hydrogens is 500 g/mol. The lowest BCUT2D eigenvalue weighted by Crippen LogP contribution is -2.57. The van der Waals surface area contributed by atoms with E-state index in [4.69, 9.17) is 16.3 Å². The van der Waals surface area contributed by atoms with Crippen LogP contribution in [-0.4, -0.2) is 49.4 Å². The lowest BCUT2D eigenvalue weighted by Gasteiger charge is -2.36. The number of ether oxygens (including phenoxy) is 1. The Morgan fingerprint density at radius 1 is 1.24 bits per heavy atom. The highest BCUT2D eigenvalue weighted by Gasteiger charge is 2.30. The Kier molecular flexibility index (Phi) is 6.74. The van der Waals surface area contributed by atoms with Gasteiger partial charge in [-0.1, -0.05) is 11.6 Å². The number of amides is 1. The van der Waals surface area contributed by atoms with E-state index in [0.29, 0.717) is 29.4 Å².